The van der Waals surface area contributed by atoms with Gasteiger partial charge < -0.3 is 24.6 Å². The molecule has 0 fully saturated rings. The van der Waals surface area contributed by atoms with Gasteiger partial charge in [0.1, 0.15) is 12.2 Å². The van der Waals surface area contributed by atoms with Gasteiger partial charge in [-0.05, 0) is 12.8 Å². The molecule has 0 amide bonds. The summed E-state index contributed by atoms with van der Waals surface area (Å²) in [6.45, 7) is 2.31. The number of unbranched alkanes of at least 4 members (excludes halogenated alkanes) is 43. The maximum atomic E-state index is 12.5. The molecule has 0 saturated heterocycles. The van der Waals surface area contributed by atoms with E-state index in [1.165, 1.54) is 238 Å². The molecule has 0 spiro atoms. The van der Waals surface area contributed by atoms with E-state index in [0.29, 0.717) is 12.8 Å². The van der Waals surface area contributed by atoms with Crippen molar-refractivity contribution in [1.29, 1.82) is 0 Å². The molecule has 0 saturated carbocycles. The Bertz CT molecular complexity index is 1090. The van der Waals surface area contributed by atoms with Crippen molar-refractivity contribution in [1.82, 2.24) is 0 Å². The number of carbonyl (C=O) groups is 2. The molecular formula is C57H113O10P. The van der Waals surface area contributed by atoms with Gasteiger partial charge in [0.05, 0.1) is 26.4 Å². The molecule has 11 heteroatoms. The molecule has 10 nitrogen and oxygen atoms in total. The number of hydrogen-bond donors (Lipinski definition) is 3. The maximum Gasteiger partial charge on any atom is 0.472 e. The smallest absolute Gasteiger partial charge is 0.457 e. The highest BCUT2D eigenvalue weighted by Gasteiger charge is 2.27. The molecule has 0 aliphatic carbocycles. The summed E-state index contributed by atoms with van der Waals surface area (Å²) < 4.78 is 32.9. The van der Waals surface area contributed by atoms with Crippen LogP contribution in [0.15, 0.2) is 0 Å². The van der Waals surface area contributed by atoms with Crippen molar-refractivity contribution in [2.24, 2.45) is 0 Å². The summed E-state index contributed by atoms with van der Waals surface area (Å²) in [6.07, 6.45) is 56.7. The summed E-state index contributed by atoms with van der Waals surface area (Å²) in [5.41, 5.74) is 0. The van der Waals surface area contributed by atoms with E-state index in [4.69, 9.17) is 18.5 Å². The molecule has 3 atom stereocenters. The Kier molecular flexibility index (Phi) is 52.9. The van der Waals surface area contributed by atoms with Crippen LogP contribution < -0.4 is 0 Å². The molecule has 3 N–H and O–H groups in total. The Hall–Kier alpha value is -1.03. The molecule has 406 valence electrons. The highest BCUT2D eigenvalue weighted by Crippen LogP contribution is 2.43. The third-order valence-corrected chi connectivity index (χ3v) is 14.5. The number of aliphatic hydroxyl groups is 2. The molecule has 0 aromatic rings. The number of phosphoric ester groups is 1. The lowest BCUT2D eigenvalue weighted by Gasteiger charge is -2.20. The topological polar surface area (TPSA) is 149 Å². The van der Waals surface area contributed by atoms with Crippen LogP contribution in [0.3, 0.4) is 0 Å². The second-order valence-corrected chi connectivity index (χ2v) is 21.8. The number of phosphoric acid groups is 1. The molecule has 0 radical (unpaired) electrons. The van der Waals surface area contributed by atoms with Crippen molar-refractivity contribution in [3.05, 3.63) is 0 Å². The predicted molar refractivity (Wildman–Crippen MR) is 284 cm³/mol. The van der Waals surface area contributed by atoms with E-state index >= 15 is 0 Å². The number of hydrogen-bond acceptors (Lipinski definition) is 9. The number of ether oxygens (including phenoxy) is 2. The summed E-state index contributed by atoms with van der Waals surface area (Å²) in [4.78, 5) is 34.8. The second-order valence-electron chi connectivity index (χ2n) is 20.4. The lowest BCUT2D eigenvalue weighted by Crippen LogP contribution is -2.28. The molecule has 68 heavy (non-hydrogen) atoms. The third-order valence-electron chi connectivity index (χ3n) is 13.6. The van der Waals surface area contributed by atoms with Crippen LogP contribution in [0.2, 0.25) is 0 Å². The molecule has 0 aromatic heterocycles. The molecule has 0 aliphatic heterocycles. The van der Waals surface area contributed by atoms with E-state index in [1.54, 1.807) is 0 Å². The monoisotopic (exact) mass is 989 g/mol. The van der Waals surface area contributed by atoms with E-state index in [1.807, 2.05) is 0 Å². The van der Waals surface area contributed by atoms with Crippen LogP contribution >= 0.6 is 7.82 Å². The highest BCUT2D eigenvalue weighted by atomic mass is 31.2. The fraction of sp³-hybridized carbons (Fsp3) is 0.965. The first-order valence-corrected chi connectivity index (χ1v) is 31.0. The first-order chi connectivity index (χ1) is 33.3. The van der Waals surface area contributed by atoms with Crippen molar-refractivity contribution in [3.8, 4) is 0 Å². The van der Waals surface area contributed by atoms with Crippen LogP contribution in [0, 0.1) is 0 Å². The molecule has 0 heterocycles. The van der Waals surface area contributed by atoms with Crippen LogP contribution in [0.1, 0.15) is 316 Å². The van der Waals surface area contributed by atoms with E-state index in [2.05, 4.69) is 13.8 Å². The SMILES string of the molecule is CCCCCCCCCCCCCCCCCCCCCCCCCCC(=O)OC(CO)COP(=O)(O)OCC(CO)OC(=O)CCCCCCCCCCCCCCCCCCCCCCC. The molecule has 0 aromatic carbocycles. The zero-order chi connectivity index (χ0) is 49.7. The Morgan fingerprint density at radius 3 is 0.691 bits per heavy atom. The Balaban J connectivity index is 3.72. The molecular weight excluding hydrogens is 876 g/mol. The minimum Gasteiger partial charge on any atom is -0.457 e. The standard InChI is InChI=1S/C57H113O10P/c1-3-5-7-9-11-13-15-17-19-21-23-25-26-27-29-31-33-35-37-39-41-43-45-47-49-57(61)67-55(51-59)53-65-68(62,63)64-52-54(50-58)66-56(60)48-46-44-42-40-38-36-34-32-30-28-24-22-20-18-16-14-12-10-8-6-4-2/h54-55,58-59H,3-53H2,1-2H3,(H,62,63). The minimum absolute atomic E-state index is 0.200. The summed E-state index contributed by atoms with van der Waals surface area (Å²) in [6, 6.07) is 0. The molecule has 0 aliphatic rings. The van der Waals surface area contributed by atoms with Gasteiger partial charge >= 0.3 is 19.8 Å². The predicted octanol–water partition coefficient (Wildman–Crippen LogP) is 17.3. The first-order valence-electron chi connectivity index (χ1n) is 29.5. The van der Waals surface area contributed by atoms with Gasteiger partial charge in [0.2, 0.25) is 0 Å². The average Bonchev–Trinajstić information content (AvgIpc) is 3.33. The lowest BCUT2D eigenvalue weighted by atomic mass is 10.0. The van der Waals surface area contributed by atoms with Crippen molar-refractivity contribution in [2.75, 3.05) is 26.4 Å². The zero-order valence-corrected chi connectivity index (χ0v) is 45.8. The van der Waals surface area contributed by atoms with Crippen molar-refractivity contribution in [3.63, 3.8) is 0 Å². The molecule has 3 unspecified atom stereocenters. The largest absolute Gasteiger partial charge is 0.472 e. The van der Waals surface area contributed by atoms with Gasteiger partial charge in [-0.3, -0.25) is 18.6 Å². The van der Waals surface area contributed by atoms with Crippen molar-refractivity contribution >= 4 is 19.8 Å². The van der Waals surface area contributed by atoms with Crippen LogP contribution in [-0.2, 0) is 32.7 Å². The normalized spacial score (nSPS) is 13.4. The summed E-state index contributed by atoms with van der Waals surface area (Å²) in [5.74, 6) is -0.995. The van der Waals surface area contributed by atoms with Gasteiger partial charge in [0, 0.05) is 12.8 Å². The lowest BCUT2D eigenvalue weighted by molar-refractivity contribution is -0.153. The van der Waals surface area contributed by atoms with Crippen molar-refractivity contribution in [2.45, 2.75) is 328 Å². The Morgan fingerprint density at radius 2 is 0.515 bits per heavy atom. The molecule has 0 rings (SSSR count). The number of esters is 2. The average molecular weight is 989 g/mol. The van der Waals surface area contributed by atoms with E-state index in [0.717, 1.165) is 38.5 Å². The van der Waals surface area contributed by atoms with E-state index in [9.17, 15) is 29.3 Å². The van der Waals surface area contributed by atoms with Crippen molar-refractivity contribution < 1.29 is 47.8 Å². The first kappa shape index (κ1) is 67.0. The van der Waals surface area contributed by atoms with Gasteiger partial charge in [-0.1, -0.05) is 290 Å². The van der Waals surface area contributed by atoms with Crippen LogP contribution in [0.4, 0.5) is 0 Å². The van der Waals surface area contributed by atoms with E-state index in [-0.39, 0.29) is 12.8 Å². The Morgan fingerprint density at radius 1 is 0.338 bits per heavy atom. The van der Waals surface area contributed by atoms with Crippen LogP contribution in [-0.4, -0.2) is 65.7 Å². The van der Waals surface area contributed by atoms with Crippen LogP contribution in [0.5, 0.6) is 0 Å². The van der Waals surface area contributed by atoms with Gasteiger partial charge in [-0.25, -0.2) is 4.57 Å². The third kappa shape index (κ3) is 51.3. The van der Waals surface area contributed by atoms with E-state index < -0.39 is 58.4 Å². The van der Waals surface area contributed by atoms with Gasteiger partial charge in [-0.15, -0.1) is 0 Å². The highest BCUT2D eigenvalue weighted by molar-refractivity contribution is 7.47. The van der Waals surface area contributed by atoms with Crippen LogP contribution in [0.25, 0.3) is 0 Å². The minimum atomic E-state index is -4.64. The fourth-order valence-electron chi connectivity index (χ4n) is 9.06. The quantitative estimate of drug-likeness (QED) is 0.0305. The fourth-order valence-corrected chi connectivity index (χ4v) is 9.85. The molecule has 0 bridgehead atoms. The number of rotatable bonds is 57. The van der Waals surface area contributed by atoms with Gasteiger partial charge in [0.15, 0.2) is 0 Å². The maximum absolute atomic E-state index is 12.5. The second kappa shape index (κ2) is 53.8. The number of aliphatic hydroxyl groups excluding tert-OH is 2. The van der Waals surface area contributed by atoms with Gasteiger partial charge in [0.25, 0.3) is 0 Å². The van der Waals surface area contributed by atoms with Gasteiger partial charge in [-0.2, -0.15) is 0 Å². The summed E-state index contributed by atoms with van der Waals surface area (Å²) >= 11 is 0. The number of carbonyl (C=O) groups excluding carboxylic acids is 2. The summed E-state index contributed by atoms with van der Waals surface area (Å²) in [5, 5.41) is 19.3. The summed E-state index contributed by atoms with van der Waals surface area (Å²) in [7, 11) is -4.64. The Labute approximate surface area is 420 Å². The zero-order valence-electron chi connectivity index (χ0n) is 44.9.